The largest absolute Gasteiger partial charge is 0.494 e. The molecule has 1 aromatic rings. The summed E-state index contributed by atoms with van der Waals surface area (Å²) in [5.41, 5.74) is 1.27. The first-order valence-electron chi connectivity index (χ1n) is 11.1. The first-order valence-corrected chi connectivity index (χ1v) is 11.1. The van der Waals surface area contributed by atoms with Crippen molar-refractivity contribution in [3.63, 3.8) is 0 Å². The van der Waals surface area contributed by atoms with Gasteiger partial charge in [-0.15, -0.1) is 0 Å². The quantitative estimate of drug-likeness (QED) is 0.694. The summed E-state index contributed by atoms with van der Waals surface area (Å²) in [6.07, 6.45) is 4.39. The van der Waals surface area contributed by atoms with Gasteiger partial charge in [-0.25, -0.2) is 0 Å². The Bertz CT molecular complexity index is 848. The SMILES string of the molecule is CCCCOc1cccc(C2C3=C(OC4CCC(C)CC4C3=O)C(=O)N2CCO)c1. The fourth-order valence-corrected chi connectivity index (χ4v) is 4.92. The van der Waals surface area contributed by atoms with Crippen LogP contribution in [0.25, 0.3) is 0 Å². The number of aliphatic hydroxyl groups is 1. The van der Waals surface area contributed by atoms with Crippen LogP contribution in [0.4, 0.5) is 0 Å². The fraction of sp³-hybridized carbons (Fsp3) is 0.583. The Hall–Kier alpha value is -2.34. The first kappa shape index (κ1) is 20.9. The van der Waals surface area contributed by atoms with E-state index in [0.29, 0.717) is 18.1 Å². The lowest BCUT2D eigenvalue weighted by Gasteiger charge is -2.37. The standard InChI is InChI=1S/C24H31NO5/c1-3-4-12-29-17-7-5-6-16(14-17)21-20-22(27)18-13-15(2)8-9-19(18)30-23(20)24(28)25(21)10-11-26/h5-7,14-15,18-19,21,26H,3-4,8-13H2,1-2H3. The summed E-state index contributed by atoms with van der Waals surface area (Å²) in [5, 5.41) is 9.58. The molecular formula is C24H31NO5. The molecule has 1 saturated carbocycles. The predicted octanol–water partition coefficient (Wildman–Crippen LogP) is 3.40. The van der Waals surface area contributed by atoms with E-state index in [1.807, 2.05) is 24.3 Å². The molecule has 1 fully saturated rings. The molecule has 6 heteroatoms. The number of unbranched alkanes of at least 4 members (excludes halogenated alkanes) is 1. The van der Waals surface area contributed by atoms with Crippen molar-refractivity contribution < 1.29 is 24.2 Å². The number of amides is 1. The molecule has 0 bridgehead atoms. The van der Waals surface area contributed by atoms with E-state index in [9.17, 15) is 14.7 Å². The number of ketones is 1. The molecule has 4 rings (SSSR count). The van der Waals surface area contributed by atoms with Crippen molar-refractivity contribution >= 4 is 11.7 Å². The molecule has 30 heavy (non-hydrogen) atoms. The van der Waals surface area contributed by atoms with E-state index in [2.05, 4.69) is 13.8 Å². The molecule has 1 N–H and O–H groups in total. The number of Topliss-reactive ketones (excluding diaryl/α,β-unsaturated/α-hetero) is 1. The molecule has 2 aliphatic heterocycles. The van der Waals surface area contributed by atoms with E-state index < -0.39 is 6.04 Å². The van der Waals surface area contributed by atoms with Crippen molar-refractivity contribution in [3.05, 3.63) is 41.2 Å². The summed E-state index contributed by atoms with van der Waals surface area (Å²) in [6, 6.07) is 7.04. The van der Waals surface area contributed by atoms with Gasteiger partial charge >= 0.3 is 0 Å². The number of rotatable bonds is 7. The second-order valence-corrected chi connectivity index (χ2v) is 8.69. The number of hydrogen-bond acceptors (Lipinski definition) is 5. The van der Waals surface area contributed by atoms with Crippen LogP contribution in [0.1, 0.15) is 57.6 Å². The van der Waals surface area contributed by atoms with Gasteiger partial charge in [-0.3, -0.25) is 9.59 Å². The van der Waals surface area contributed by atoms with Crippen LogP contribution in [0.2, 0.25) is 0 Å². The van der Waals surface area contributed by atoms with Gasteiger partial charge in [0.05, 0.1) is 30.7 Å². The van der Waals surface area contributed by atoms with E-state index in [0.717, 1.165) is 43.4 Å². The second kappa shape index (κ2) is 8.80. The van der Waals surface area contributed by atoms with Crippen molar-refractivity contribution in [1.29, 1.82) is 0 Å². The summed E-state index contributed by atoms with van der Waals surface area (Å²) in [6.45, 7) is 4.88. The van der Waals surface area contributed by atoms with Crippen molar-refractivity contribution in [3.8, 4) is 5.75 Å². The number of aliphatic hydroxyl groups excluding tert-OH is 1. The Labute approximate surface area is 177 Å². The number of hydrogen-bond donors (Lipinski definition) is 1. The van der Waals surface area contributed by atoms with Gasteiger partial charge < -0.3 is 19.5 Å². The fourth-order valence-electron chi connectivity index (χ4n) is 4.92. The maximum atomic E-state index is 13.6. The van der Waals surface area contributed by atoms with E-state index in [1.165, 1.54) is 0 Å². The van der Waals surface area contributed by atoms with Gasteiger partial charge in [0.1, 0.15) is 11.9 Å². The van der Waals surface area contributed by atoms with Crippen molar-refractivity contribution in [2.45, 2.75) is 58.1 Å². The van der Waals surface area contributed by atoms with Crippen LogP contribution in [0.15, 0.2) is 35.6 Å². The molecule has 0 saturated heterocycles. The minimum atomic E-state index is -0.542. The Kier molecular flexibility index (Phi) is 6.14. The van der Waals surface area contributed by atoms with Crippen molar-refractivity contribution in [1.82, 2.24) is 4.90 Å². The van der Waals surface area contributed by atoms with Crippen molar-refractivity contribution in [2.24, 2.45) is 11.8 Å². The van der Waals surface area contributed by atoms with Gasteiger partial charge in [0.2, 0.25) is 0 Å². The van der Waals surface area contributed by atoms with Gasteiger partial charge in [-0.1, -0.05) is 32.4 Å². The molecule has 0 radical (unpaired) electrons. The molecule has 2 heterocycles. The Balaban J connectivity index is 1.70. The van der Waals surface area contributed by atoms with Gasteiger partial charge in [-0.05, 0) is 49.3 Å². The minimum Gasteiger partial charge on any atom is -0.494 e. The number of benzene rings is 1. The molecular weight excluding hydrogens is 382 g/mol. The number of β-amino-alcohol motifs (C(OH)–C–C–N with tert-alkyl or cyclic N) is 1. The van der Waals surface area contributed by atoms with E-state index >= 15 is 0 Å². The Morgan fingerprint density at radius 1 is 1.27 bits per heavy atom. The molecule has 4 unspecified atom stereocenters. The van der Waals surface area contributed by atoms with E-state index in [1.54, 1.807) is 4.90 Å². The maximum absolute atomic E-state index is 13.6. The van der Waals surface area contributed by atoms with E-state index in [-0.39, 0.29) is 42.6 Å². The number of ether oxygens (including phenoxy) is 2. The van der Waals surface area contributed by atoms with Crippen LogP contribution < -0.4 is 4.74 Å². The first-order chi connectivity index (χ1) is 14.5. The zero-order chi connectivity index (χ0) is 21.3. The summed E-state index contributed by atoms with van der Waals surface area (Å²) in [7, 11) is 0. The molecule has 4 atom stereocenters. The molecule has 0 spiro atoms. The van der Waals surface area contributed by atoms with Gasteiger partial charge in [0, 0.05) is 6.54 Å². The number of carbonyl (C=O) groups is 2. The highest BCUT2D eigenvalue weighted by atomic mass is 16.5. The smallest absolute Gasteiger partial charge is 0.290 e. The number of fused-ring (bicyclic) bond motifs is 1. The highest BCUT2D eigenvalue weighted by molar-refractivity contribution is 6.11. The Morgan fingerprint density at radius 2 is 2.10 bits per heavy atom. The molecule has 1 aromatic carbocycles. The average molecular weight is 414 g/mol. The zero-order valence-electron chi connectivity index (χ0n) is 17.8. The third-order valence-electron chi connectivity index (χ3n) is 6.49. The molecule has 3 aliphatic rings. The van der Waals surface area contributed by atoms with Crippen LogP contribution in [-0.2, 0) is 14.3 Å². The van der Waals surface area contributed by atoms with Gasteiger partial charge in [-0.2, -0.15) is 0 Å². The highest BCUT2D eigenvalue weighted by Gasteiger charge is 2.52. The number of carbonyl (C=O) groups excluding carboxylic acids is 2. The topological polar surface area (TPSA) is 76.1 Å². The van der Waals surface area contributed by atoms with Crippen LogP contribution in [0.5, 0.6) is 5.75 Å². The molecule has 0 aromatic heterocycles. The van der Waals surface area contributed by atoms with E-state index in [4.69, 9.17) is 9.47 Å². The van der Waals surface area contributed by atoms with Gasteiger partial charge in [0.25, 0.3) is 5.91 Å². The minimum absolute atomic E-state index is 0.0314. The molecule has 162 valence electrons. The third kappa shape index (κ3) is 3.73. The lowest BCUT2D eigenvalue weighted by Crippen LogP contribution is -2.41. The zero-order valence-corrected chi connectivity index (χ0v) is 17.8. The van der Waals surface area contributed by atoms with Crippen LogP contribution in [0.3, 0.4) is 0 Å². The Morgan fingerprint density at radius 3 is 2.87 bits per heavy atom. The van der Waals surface area contributed by atoms with Gasteiger partial charge in [0.15, 0.2) is 11.5 Å². The second-order valence-electron chi connectivity index (χ2n) is 8.69. The van der Waals surface area contributed by atoms with Crippen LogP contribution in [-0.4, -0.2) is 47.6 Å². The molecule has 1 amide bonds. The summed E-state index contributed by atoms with van der Waals surface area (Å²) in [4.78, 5) is 28.3. The highest BCUT2D eigenvalue weighted by Crippen LogP contribution is 2.47. The lowest BCUT2D eigenvalue weighted by atomic mass is 9.74. The summed E-state index contributed by atoms with van der Waals surface area (Å²) >= 11 is 0. The normalized spacial score (nSPS) is 28.3. The average Bonchev–Trinajstić information content (AvgIpc) is 3.02. The third-order valence-corrected chi connectivity index (χ3v) is 6.49. The summed E-state index contributed by atoms with van der Waals surface area (Å²) in [5.74, 6) is 0.920. The molecule has 1 aliphatic carbocycles. The summed E-state index contributed by atoms with van der Waals surface area (Å²) < 4.78 is 12.0. The molecule has 6 nitrogen and oxygen atoms in total. The maximum Gasteiger partial charge on any atom is 0.290 e. The van der Waals surface area contributed by atoms with Crippen LogP contribution in [0, 0.1) is 11.8 Å². The lowest BCUT2D eigenvalue weighted by molar-refractivity contribution is -0.136. The monoisotopic (exact) mass is 413 g/mol. The van der Waals surface area contributed by atoms with Crippen molar-refractivity contribution in [2.75, 3.05) is 19.8 Å². The predicted molar refractivity (Wildman–Crippen MR) is 112 cm³/mol. The number of nitrogens with zero attached hydrogens (tertiary/aromatic N) is 1. The van der Waals surface area contributed by atoms with Crippen LogP contribution >= 0.6 is 0 Å².